The summed E-state index contributed by atoms with van der Waals surface area (Å²) in [5, 5.41) is 2.81. The second kappa shape index (κ2) is 9.19. The molecule has 0 aliphatic carbocycles. The van der Waals surface area contributed by atoms with Crippen molar-refractivity contribution in [2.24, 2.45) is 0 Å². The fraction of sp³-hybridized carbons (Fsp3) is 0.421. The molecule has 3 rings (SSSR count). The Kier molecular flexibility index (Phi) is 6.65. The fourth-order valence-corrected chi connectivity index (χ4v) is 4.17. The number of amides is 2. The number of hydrogen-bond donors (Lipinski definition) is 3. The Morgan fingerprint density at radius 2 is 2.07 bits per heavy atom. The standard InChI is InChI=1S/C19H25N5O4S/c1-29(27,28)23-16(10-14-6-3-2-4-7-14)19(26)24-9-5-8-17(24)18(25)21-12-15-11-20-13-22-15/h2-4,6-7,11,13,16-17,23H,5,8-10,12H2,1H3,(H,20,22)(H,21,25)/t16-,17+/m1/s1. The summed E-state index contributed by atoms with van der Waals surface area (Å²) in [5.74, 6) is -0.651. The molecule has 2 heterocycles. The van der Waals surface area contributed by atoms with E-state index in [2.05, 4.69) is 20.0 Å². The third-order valence-corrected chi connectivity index (χ3v) is 5.50. The highest BCUT2D eigenvalue weighted by Gasteiger charge is 2.37. The van der Waals surface area contributed by atoms with Crippen LogP contribution in [0.5, 0.6) is 0 Å². The maximum Gasteiger partial charge on any atom is 0.243 e. The van der Waals surface area contributed by atoms with Crippen molar-refractivity contribution in [3.8, 4) is 0 Å². The maximum absolute atomic E-state index is 13.2. The van der Waals surface area contributed by atoms with Gasteiger partial charge >= 0.3 is 0 Å². The lowest BCUT2D eigenvalue weighted by Gasteiger charge is -2.28. The molecule has 1 aliphatic heterocycles. The Morgan fingerprint density at radius 1 is 1.31 bits per heavy atom. The van der Waals surface area contributed by atoms with Crippen LogP contribution in [0.3, 0.4) is 0 Å². The first-order chi connectivity index (χ1) is 13.8. The topological polar surface area (TPSA) is 124 Å². The molecule has 9 nitrogen and oxygen atoms in total. The van der Waals surface area contributed by atoms with Gasteiger partial charge < -0.3 is 15.2 Å². The van der Waals surface area contributed by atoms with Crippen molar-refractivity contribution in [2.45, 2.75) is 37.9 Å². The van der Waals surface area contributed by atoms with Gasteiger partial charge in [-0.05, 0) is 24.8 Å². The molecule has 0 saturated carbocycles. The van der Waals surface area contributed by atoms with Crippen LogP contribution in [0.15, 0.2) is 42.9 Å². The van der Waals surface area contributed by atoms with Crippen molar-refractivity contribution >= 4 is 21.8 Å². The molecule has 1 aromatic carbocycles. The molecule has 0 bridgehead atoms. The van der Waals surface area contributed by atoms with Crippen LogP contribution in [0, 0.1) is 0 Å². The number of rotatable bonds is 8. The van der Waals surface area contributed by atoms with Gasteiger partial charge in [-0.2, -0.15) is 0 Å². The second-order valence-corrected chi connectivity index (χ2v) is 8.90. The quantitative estimate of drug-likeness (QED) is 0.563. The molecule has 1 aromatic heterocycles. The van der Waals surface area contributed by atoms with E-state index in [0.29, 0.717) is 19.4 Å². The molecular formula is C19H25N5O4S. The molecule has 1 fully saturated rings. The Labute approximate surface area is 170 Å². The molecule has 29 heavy (non-hydrogen) atoms. The minimum Gasteiger partial charge on any atom is -0.349 e. The number of carbonyl (C=O) groups is 2. The van der Waals surface area contributed by atoms with Gasteiger partial charge in [0.1, 0.15) is 12.1 Å². The van der Waals surface area contributed by atoms with Gasteiger partial charge in [0.2, 0.25) is 21.8 Å². The molecule has 10 heteroatoms. The SMILES string of the molecule is CS(=O)(=O)N[C@H](Cc1ccccc1)C(=O)N1CCC[C@H]1C(=O)NCc1cnc[nH]1. The number of likely N-dealkylation sites (tertiary alicyclic amines) is 1. The van der Waals surface area contributed by atoms with E-state index < -0.39 is 28.0 Å². The number of benzene rings is 1. The Bertz CT molecular complexity index is 931. The molecule has 1 aliphatic rings. The predicted molar refractivity (Wildman–Crippen MR) is 107 cm³/mol. The first-order valence-corrected chi connectivity index (χ1v) is 11.3. The van der Waals surface area contributed by atoms with Gasteiger partial charge in [-0.15, -0.1) is 0 Å². The summed E-state index contributed by atoms with van der Waals surface area (Å²) in [6.07, 6.45) is 5.60. The second-order valence-electron chi connectivity index (χ2n) is 7.12. The molecule has 2 atom stereocenters. The summed E-state index contributed by atoms with van der Waals surface area (Å²) in [4.78, 5) is 34.1. The van der Waals surface area contributed by atoms with Crippen LogP contribution in [-0.2, 0) is 32.6 Å². The van der Waals surface area contributed by atoms with Gasteiger partial charge in [0.15, 0.2) is 0 Å². The van der Waals surface area contributed by atoms with Crippen molar-refractivity contribution in [2.75, 3.05) is 12.8 Å². The third kappa shape index (κ3) is 5.88. The minimum atomic E-state index is -3.60. The van der Waals surface area contributed by atoms with Gasteiger partial charge in [0.25, 0.3) is 0 Å². The normalized spacial score (nSPS) is 17.8. The van der Waals surface area contributed by atoms with Crippen LogP contribution in [0.1, 0.15) is 24.1 Å². The number of imidazole rings is 1. The first kappa shape index (κ1) is 21.0. The Balaban J connectivity index is 1.71. The monoisotopic (exact) mass is 419 g/mol. The van der Waals surface area contributed by atoms with E-state index in [9.17, 15) is 18.0 Å². The molecule has 156 valence electrons. The molecule has 3 N–H and O–H groups in total. The lowest BCUT2D eigenvalue weighted by atomic mass is 10.1. The number of hydrogen-bond acceptors (Lipinski definition) is 5. The maximum atomic E-state index is 13.2. The third-order valence-electron chi connectivity index (χ3n) is 4.78. The number of H-pyrrole nitrogens is 1. The summed E-state index contributed by atoms with van der Waals surface area (Å²) in [6.45, 7) is 0.699. The highest BCUT2D eigenvalue weighted by Crippen LogP contribution is 2.20. The zero-order valence-corrected chi connectivity index (χ0v) is 17.0. The van der Waals surface area contributed by atoms with Crippen molar-refractivity contribution in [1.82, 2.24) is 24.9 Å². The number of aromatic amines is 1. The van der Waals surface area contributed by atoms with Crippen molar-refractivity contribution in [1.29, 1.82) is 0 Å². The van der Waals surface area contributed by atoms with E-state index in [1.54, 1.807) is 6.20 Å². The molecule has 2 aromatic rings. The number of aromatic nitrogens is 2. The fourth-order valence-electron chi connectivity index (χ4n) is 3.47. The zero-order valence-electron chi connectivity index (χ0n) is 16.2. The van der Waals surface area contributed by atoms with Crippen molar-refractivity contribution < 1.29 is 18.0 Å². The average Bonchev–Trinajstić information content (AvgIpc) is 3.36. The van der Waals surface area contributed by atoms with E-state index >= 15 is 0 Å². The van der Waals surface area contributed by atoms with Crippen LogP contribution in [0.4, 0.5) is 0 Å². The van der Waals surface area contributed by atoms with Crippen LogP contribution in [0.25, 0.3) is 0 Å². The Morgan fingerprint density at radius 3 is 2.72 bits per heavy atom. The van der Waals surface area contributed by atoms with Crippen molar-refractivity contribution in [3.05, 3.63) is 54.1 Å². The zero-order chi connectivity index (χ0) is 20.9. The minimum absolute atomic E-state index is 0.214. The number of carbonyl (C=O) groups excluding carboxylic acids is 2. The van der Waals surface area contributed by atoms with E-state index in [1.165, 1.54) is 11.2 Å². The summed E-state index contributed by atoms with van der Waals surface area (Å²) in [6, 6.07) is 7.60. The summed E-state index contributed by atoms with van der Waals surface area (Å²) in [7, 11) is -3.60. The molecular weight excluding hydrogens is 394 g/mol. The van der Waals surface area contributed by atoms with Gasteiger partial charge in [0, 0.05) is 12.7 Å². The van der Waals surface area contributed by atoms with E-state index in [0.717, 1.165) is 17.5 Å². The number of nitrogens with one attached hydrogen (secondary N) is 3. The average molecular weight is 420 g/mol. The van der Waals surface area contributed by atoms with E-state index in [-0.39, 0.29) is 18.9 Å². The lowest BCUT2D eigenvalue weighted by molar-refractivity contribution is -0.139. The van der Waals surface area contributed by atoms with Crippen LogP contribution in [-0.4, -0.2) is 60.0 Å². The molecule has 0 spiro atoms. The number of nitrogens with zero attached hydrogens (tertiary/aromatic N) is 2. The van der Waals surface area contributed by atoms with Gasteiger partial charge in [0.05, 0.1) is 24.8 Å². The summed E-state index contributed by atoms with van der Waals surface area (Å²) in [5.41, 5.74) is 1.59. The molecule has 0 radical (unpaired) electrons. The number of sulfonamides is 1. The highest BCUT2D eigenvalue weighted by molar-refractivity contribution is 7.88. The molecule has 2 amide bonds. The first-order valence-electron chi connectivity index (χ1n) is 9.40. The lowest BCUT2D eigenvalue weighted by Crippen LogP contribution is -2.54. The largest absolute Gasteiger partial charge is 0.349 e. The van der Waals surface area contributed by atoms with Gasteiger partial charge in [-0.3, -0.25) is 9.59 Å². The van der Waals surface area contributed by atoms with Crippen molar-refractivity contribution in [3.63, 3.8) is 0 Å². The van der Waals surface area contributed by atoms with E-state index in [4.69, 9.17) is 0 Å². The van der Waals surface area contributed by atoms with Crippen LogP contribution < -0.4 is 10.0 Å². The van der Waals surface area contributed by atoms with Crippen LogP contribution in [0.2, 0.25) is 0 Å². The van der Waals surface area contributed by atoms with E-state index in [1.807, 2.05) is 30.3 Å². The predicted octanol–water partition coefficient (Wildman–Crippen LogP) is 0.177. The molecule has 1 saturated heterocycles. The smallest absolute Gasteiger partial charge is 0.243 e. The van der Waals surface area contributed by atoms with Gasteiger partial charge in [-0.1, -0.05) is 30.3 Å². The summed E-state index contributed by atoms with van der Waals surface area (Å²) < 4.78 is 26.1. The highest BCUT2D eigenvalue weighted by atomic mass is 32.2. The summed E-state index contributed by atoms with van der Waals surface area (Å²) >= 11 is 0. The Hall–Kier alpha value is -2.72. The van der Waals surface area contributed by atoms with Gasteiger partial charge in [-0.25, -0.2) is 18.1 Å². The van der Waals surface area contributed by atoms with Crippen LogP contribution >= 0.6 is 0 Å². The molecule has 0 unspecified atom stereocenters.